The average Bonchev–Trinajstić information content (AvgIpc) is 2.08. The Morgan fingerprint density at radius 1 is 1.50 bits per heavy atom. The van der Waals surface area contributed by atoms with Gasteiger partial charge in [0.1, 0.15) is 5.75 Å². The Kier molecular flexibility index (Phi) is 2.54. The summed E-state index contributed by atoms with van der Waals surface area (Å²) in [6.45, 7) is 7.72. The van der Waals surface area contributed by atoms with Gasteiger partial charge in [0.2, 0.25) is 0 Å². The monoisotopic (exact) mass is 162 g/mol. The smallest absolute Gasteiger partial charge is 0.119 e. The van der Waals surface area contributed by atoms with Gasteiger partial charge in [-0.25, -0.2) is 0 Å². The number of aromatic hydroxyl groups is 1. The van der Waals surface area contributed by atoms with Gasteiger partial charge in [0.05, 0.1) is 0 Å². The third kappa shape index (κ3) is 1.67. The lowest BCUT2D eigenvalue weighted by Crippen LogP contribution is -1.89. The van der Waals surface area contributed by atoms with Gasteiger partial charge in [-0.1, -0.05) is 30.7 Å². The van der Waals surface area contributed by atoms with E-state index in [0.717, 1.165) is 11.1 Å². The van der Waals surface area contributed by atoms with Crippen LogP contribution in [0.25, 0.3) is 0 Å². The van der Waals surface area contributed by atoms with Gasteiger partial charge in [0, 0.05) is 11.5 Å². The molecule has 0 heterocycles. The summed E-state index contributed by atoms with van der Waals surface area (Å²) in [6, 6.07) is 5.61. The van der Waals surface area contributed by atoms with Crippen LogP contribution in [0, 0.1) is 6.92 Å². The predicted octanol–water partition coefficient (Wildman–Crippen LogP) is 2.99. The maximum atomic E-state index is 9.49. The van der Waals surface area contributed by atoms with E-state index in [1.807, 2.05) is 32.1 Å². The average molecular weight is 162 g/mol. The van der Waals surface area contributed by atoms with Gasteiger partial charge in [-0.05, 0) is 13.0 Å². The van der Waals surface area contributed by atoms with Crippen molar-refractivity contribution in [3.05, 3.63) is 42.0 Å². The molecule has 1 rings (SSSR count). The molecule has 0 bridgehead atoms. The summed E-state index contributed by atoms with van der Waals surface area (Å²) < 4.78 is 0. The first-order chi connectivity index (χ1) is 5.65. The summed E-state index contributed by atoms with van der Waals surface area (Å²) >= 11 is 0. The highest BCUT2D eigenvalue weighted by Gasteiger charge is 2.05. The van der Waals surface area contributed by atoms with Crippen LogP contribution >= 0.6 is 0 Å². The summed E-state index contributed by atoms with van der Waals surface area (Å²) in [6.07, 6.45) is 1.83. The van der Waals surface area contributed by atoms with E-state index in [2.05, 4.69) is 6.58 Å². The molecular weight excluding hydrogens is 148 g/mol. The van der Waals surface area contributed by atoms with Crippen molar-refractivity contribution in [3.8, 4) is 5.75 Å². The molecule has 0 aliphatic heterocycles. The Morgan fingerprint density at radius 2 is 2.17 bits per heavy atom. The summed E-state index contributed by atoms with van der Waals surface area (Å²) in [7, 11) is 0. The Balaban J connectivity index is 3.12. The molecule has 0 radical (unpaired) electrons. The van der Waals surface area contributed by atoms with E-state index in [-0.39, 0.29) is 5.92 Å². The van der Waals surface area contributed by atoms with E-state index < -0.39 is 0 Å². The molecule has 0 amide bonds. The Hall–Kier alpha value is -1.24. The van der Waals surface area contributed by atoms with Gasteiger partial charge in [0.25, 0.3) is 0 Å². The minimum Gasteiger partial charge on any atom is -0.508 e. The second-order valence-corrected chi connectivity index (χ2v) is 3.09. The highest BCUT2D eigenvalue weighted by Crippen LogP contribution is 2.26. The van der Waals surface area contributed by atoms with Gasteiger partial charge in [0.15, 0.2) is 0 Å². The van der Waals surface area contributed by atoms with Crippen LogP contribution in [-0.2, 0) is 0 Å². The molecule has 1 nitrogen and oxygen atoms in total. The number of rotatable bonds is 2. The lowest BCUT2D eigenvalue weighted by atomic mass is 9.98. The van der Waals surface area contributed by atoms with Crippen molar-refractivity contribution in [1.82, 2.24) is 0 Å². The SMILES string of the molecule is C=CC(C)c1cc(C)ccc1O. The zero-order valence-corrected chi connectivity index (χ0v) is 7.54. The number of benzene rings is 1. The number of allylic oxidation sites excluding steroid dienone is 1. The van der Waals surface area contributed by atoms with Crippen molar-refractivity contribution >= 4 is 0 Å². The molecule has 12 heavy (non-hydrogen) atoms. The van der Waals surface area contributed by atoms with Gasteiger partial charge < -0.3 is 5.11 Å². The maximum Gasteiger partial charge on any atom is 0.119 e. The van der Waals surface area contributed by atoms with Crippen LogP contribution < -0.4 is 0 Å². The highest BCUT2D eigenvalue weighted by molar-refractivity contribution is 5.39. The molecular formula is C11H14O. The Bertz CT molecular complexity index is 289. The number of phenols is 1. The third-order valence-corrected chi connectivity index (χ3v) is 2.03. The van der Waals surface area contributed by atoms with Crippen LogP contribution in [0.2, 0.25) is 0 Å². The molecule has 0 saturated carbocycles. The van der Waals surface area contributed by atoms with E-state index in [0.29, 0.717) is 5.75 Å². The molecule has 1 aromatic rings. The molecule has 0 aliphatic rings. The van der Waals surface area contributed by atoms with Crippen molar-refractivity contribution in [1.29, 1.82) is 0 Å². The van der Waals surface area contributed by atoms with Crippen LogP contribution in [0.5, 0.6) is 5.75 Å². The molecule has 1 unspecified atom stereocenters. The van der Waals surface area contributed by atoms with E-state index in [1.165, 1.54) is 0 Å². The van der Waals surface area contributed by atoms with Crippen molar-refractivity contribution in [2.75, 3.05) is 0 Å². The minimum atomic E-state index is 0.213. The first-order valence-corrected chi connectivity index (χ1v) is 4.07. The van der Waals surface area contributed by atoms with E-state index >= 15 is 0 Å². The lowest BCUT2D eigenvalue weighted by Gasteiger charge is -2.09. The number of hydrogen-bond donors (Lipinski definition) is 1. The van der Waals surface area contributed by atoms with E-state index in [4.69, 9.17) is 0 Å². The second kappa shape index (κ2) is 3.44. The molecule has 0 saturated heterocycles. The fraction of sp³-hybridized carbons (Fsp3) is 0.273. The highest BCUT2D eigenvalue weighted by atomic mass is 16.3. The molecule has 64 valence electrons. The van der Waals surface area contributed by atoms with Crippen LogP contribution in [-0.4, -0.2) is 5.11 Å². The van der Waals surface area contributed by atoms with E-state index in [1.54, 1.807) is 6.07 Å². The quantitative estimate of drug-likeness (QED) is 0.663. The number of phenolic OH excluding ortho intramolecular Hbond substituents is 1. The van der Waals surface area contributed by atoms with Crippen molar-refractivity contribution in [3.63, 3.8) is 0 Å². The third-order valence-electron chi connectivity index (χ3n) is 2.03. The molecule has 1 atom stereocenters. The minimum absolute atomic E-state index is 0.213. The van der Waals surface area contributed by atoms with Crippen LogP contribution in [0.4, 0.5) is 0 Å². The van der Waals surface area contributed by atoms with Crippen molar-refractivity contribution in [2.24, 2.45) is 0 Å². The van der Waals surface area contributed by atoms with E-state index in [9.17, 15) is 5.11 Å². The normalized spacial score (nSPS) is 12.5. The van der Waals surface area contributed by atoms with Crippen molar-refractivity contribution in [2.45, 2.75) is 19.8 Å². The van der Waals surface area contributed by atoms with Crippen LogP contribution in [0.1, 0.15) is 24.0 Å². The summed E-state index contributed by atoms with van der Waals surface area (Å²) in [5.41, 5.74) is 2.11. The summed E-state index contributed by atoms with van der Waals surface area (Å²) in [5.74, 6) is 0.568. The van der Waals surface area contributed by atoms with Crippen molar-refractivity contribution < 1.29 is 5.11 Å². The zero-order chi connectivity index (χ0) is 9.14. The predicted molar refractivity (Wildman–Crippen MR) is 51.5 cm³/mol. The number of aryl methyl sites for hydroxylation is 1. The summed E-state index contributed by atoms with van der Waals surface area (Å²) in [4.78, 5) is 0. The van der Waals surface area contributed by atoms with Gasteiger partial charge >= 0.3 is 0 Å². The largest absolute Gasteiger partial charge is 0.508 e. The maximum absolute atomic E-state index is 9.49. The molecule has 0 spiro atoms. The van der Waals surface area contributed by atoms with Gasteiger partial charge in [-0.3, -0.25) is 0 Å². The fourth-order valence-corrected chi connectivity index (χ4v) is 1.17. The lowest BCUT2D eigenvalue weighted by molar-refractivity contribution is 0.466. The number of hydrogen-bond acceptors (Lipinski definition) is 1. The Morgan fingerprint density at radius 3 is 2.75 bits per heavy atom. The summed E-state index contributed by atoms with van der Waals surface area (Å²) in [5, 5.41) is 9.49. The van der Waals surface area contributed by atoms with Crippen LogP contribution in [0.3, 0.4) is 0 Å². The van der Waals surface area contributed by atoms with Crippen LogP contribution in [0.15, 0.2) is 30.9 Å². The molecule has 1 N–H and O–H groups in total. The molecule has 0 fully saturated rings. The second-order valence-electron chi connectivity index (χ2n) is 3.09. The first kappa shape index (κ1) is 8.85. The fourth-order valence-electron chi connectivity index (χ4n) is 1.17. The van der Waals surface area contributed by atoms with Gasteiger partial charge in [-0.15, -0.1) is 6.58 Å². The molecule has 0 aromatic heterocycles. The molecule has 0 aliphatic carbocycles. The Labute approximate surface area is 73.4 Å². The molecule has 1 aromatic carbocycles. The topological polar surface area (TPSA) is 20.2 Å². The standard InChI is InChI=1S/C11H14O/c1-4-9(3)10-7-8(2)5-6-11(10)12/h4-7,9,12H,1H2,2-3H3. The first-order valence-electron chi connectivity index (χ1n) is 4.07. The molecule has 1 heteroatoms. The zero-order valence-electron chi connectivity index (χ0n) is 7.54. The van der Waals surface area contributed by atoms with Gasteiger partial charge in [-0.2, -0.15) is 0 Å².